The summed E-state index contributed by atoms with van der Waals surface area (Å²) >= 11 is -0.826. The third-order valence-electron chi connectivity index (χ3n) is 4.48. The van der Waals surface area contributed by atoms with E-state index in [2.05, 4.69) is 68.4 Å². The summed E-state index contributed by atoms with van der Waals surface area (Å²) in [5.41, 5.74) is 5.48. The van der Waals surface area contributed by atoms with Crippen LogP contribution in [-0.4, -0.2) is 0 Å². The van der Waals surface area contributed by atoms with Crippen LogP contribution in [0.15, 0.2) is 54.6 Å². The summed E-state index contributed by atoms with van der Waals surface area (Å²) in [6, 6.07) is 20.3. The first-order chi connectivity index (χ1) is 12.2. The van der Waals surface area contributed by atoms with Gasteiger partial charge in [0.1, 0.15) is 0 Å². The number of halogens is 2. The van der Waals surface area contributed by atoms with Gasteiger partial charge in [0, 0.05) is 0 Å². The summed E-state index contributed by atoms with van der Waals surface area (Å²) in [4.78, 5) is 0. The Hall–Kier alpha value is -0.487. The topological polar surface area (TPSA) is 0 Å². The van der Waals surface area contributed by atoms with Gasteiger partial charge >= 0.3 is 37.9 Å². The van der Waals surface area contributed by atoms with E-state index in [-0.39, 0.29) is 0 Å². The zero-order chi connectivity index (χ0) is 18.1. The second-order valence-electron chi connectivity index (χ2n) is 6.42. The van der Waals surface area contributed by atoms with E-state index < -0.39 is 20.8 Å². The molecule has 0 atom stereocenters. The monoisotopic (exact) mass is 449 g/mol. The zero-order valence-corrected chi connectivity index (χ0v) is 19.0. The third-order valence-corrected chi connectivity index (χ3v) is 4.48. The normalized spacial score (nSPS) is 10.4. The van der Waals surface area contributed by atoms with E-state index in [0.29, 0.717) is 0 Å². The van der Waals surface area contributed by atoms with Gasteiger partial charge in [-0.25, -0.2) is 0 Å². The molecule has 0 bridgehead atoms. The molecule has 0 N–H and O–H groups in total. The molecule has 0 spiro atoms. The minimum absolute atomic E-state index is 0.826. The molecule has 0 aromatic heterocycles. The maximum atomic E-state index is 4.93. The molecule has 0 saturated carbocycles. The molecule has 3 rings (SSSR count). The zero-order valence-electron chi connectivity index (χ0n) is 15.0. The summed E-state index contributed by atoms with van der Waals surface area (Å²) in [6.45, 7) is 4.43. The number of aryl methyl sites for hydroxylation is 2. The van der Waals surface area contributed by atoms with Gasteiger partial charge in [0.15, 0.2) is 0 Å². The first-order valence-electron chi connectivity index (χ1n) is 8.91. The van der Waals surface area contributed by atoms with Gasteiger partial charge in [0.25, 0.3) is 0 Å². The molecule has 0 amide bonds. The molecule has 3 aromatic rings. The standard InChI is InChI=1S/C22H25.2ClH.Zr/c1-3-4-5-6-8-18-11-13-19(14-12-18)21-10-7-9-20-15-17(2)16-22(20)21;;;/h7,9-16H,3-6,8H2,1-2H3;2*1H;/q-1;;;+2/p-2. The van der Waals surface area contributed by atoms with Gasteiger partial charge in [0.2, 0.25) is 0 Å². The maximum absolute atomic E-state index is 4.93. The van der Waals surface area contributed by atoms with Crippen LogP contribution in [0.25, 0.3) is 21.9 Å². The quantitative estimate of drug-likeness (QED) is 0.263. The number of fused-ring (bicyclic) bond motifs is 1. The van der Waals surface area contributed by atoms with Crippen LogP contribution in [0.3, 0.4) is 0 Å². The van der Waals surface area contributed by atoms with Crippen molar-refractivity contribution in [2.45, 2.75) is 46.0 Å². The van der Waals surface area contributed by atoms with Gasteiger partial charge in [-0.05, 0) is 24.0 Å². The average molecular weight is 452 g/mol. The molecule has 3 aromatic carbocycles. The minimum atomic E-state index is -0.826. The Morgan fingerprint density at radius 3 is 2.36 bits per heavy atom. The molecule has 0 fully saturated rings. The summed E-state index contributed by atoms with van der Waals surface area (Å²) in [6.07, 6.45) is 6.54. The predicted octanol–water partition coefficient (Wildman–Crippen LogP) is 8.03. The molecule has 0 saturated heterocycles. The van der Waals surface area contributed by atoms with E-state index in [0.717, 1.165) is 0 Å². The van der Waals surface area contributed by atoms with Crippen LogP contribution in [0.1, 0.15) is 43.7 Å². The van der Waals surface area contributed by atoms with Gasteiger partial charge in [-0.3, -0.25) is 0 Å². The van der Waals surface area contributed by atoms with Gasteiger partial charge in [-0.15, -0.1) is 34.5 Å². The van der Waals surface area contributed by atoms with Crippen molar-refractivity contribution in [1.29, 1.82) is 0 Å². The molecule has 0 heterocycles. The fourth-order valence-corrected chi connectivity index (χ4v) is 3.24. The van der Waals surface area contributed by atoms with Gasteiger partial charge in [-0.1, -0.05) is 69.0 Å². The fourth-order valence-electron chi connectivity index (χ4n) is 3.24. The first-order valence-corrected chi connectivity index (χ1v) is 15.2. The van der Waals surface area contributed by atoms with E-state index in [4.69, 9.17) is 17.0 Å². The van der Waals surface area contributed by atoms with Crippen molar-refractivity contribution in [3.63, 3.8) is 0 Å². The Balaban J connectivity index is 0.000000701. The second-order valence-corrected chi connectivity index (χ2v) is 10.2. The van der Waals surface area contributed by atoms with Crippen LogP contribution in [-0.2, 0) is 27.3 Å². The Morgan fingerprint density at radius 1 is 0.960 bits per heavy atom. The van der Waals surface area contributed by atoms with Crippen molar-refractivity contribution in [3.05, 3.63) is 65.7 Å². The van der Waals surface area contributed by atoms with E-state index in [1.807, 2.05) is 0 Å². The SMILES string of the molecule is CCCCCCc1ccc(-c2cccc3[cH-]c(C)cc23)cc1.[Cl][Zr][Cl]. The molecule has 0 radical (unpaired) electrons. The van der Waals surface area contributed by atoms with Crippen LogP contribution in [0, 0.1) is 6.92 Å². The molecular formula is C22H25Cl2Zr-. The van der Waals surface area contributed by atoms with Crippen LogP contribution >= 0.6 is 17.0 Å². The Kier molecular flexibility index (Phi) is 9.39. The summed E-state index contributed by atoms with van der Waals surface area (Å²) in [5, 5.41) is 2.72. The third kappa shape index (κ3) is 6.31. The Labute approximate surface area is 170 Å². The molecule has 132 valence electrons. The predicted molar refractivity (Wildman–Crippen MR) is 109 cm³/mol. The van der Waals surface area contributed by atoms with Crippen LogP contribution in [0.2, 0.25) is 0 Å². The summed E-state index contributed by atoms with van der Waals surface area (Å²) < 4.78 is 0. The fraction of sp³-hybridized carbons (Fsp3) is 0.318. The molecule has 0 unspecified atom stereocenters. The first kappa shape index (κ1) is 20.8. The molecule has 0 nitrogen and oxygen atoms in total. The van der Waals surface area contributed by atoms with Crippen LogP contribution in [0.4, 0.5) is 0 Å². The van der Waals surface area contributed by atoms with E-state index in [1.54, 1.807) is 0 Å². The van der Waals surface area contributed by atoms with Gasteiger partial charge in [0.05, 0.1) is 0 Å². The van der Waals surface area contributed by atoms with Crippen molar-refractivity contribution in [3.8, 4) is 11.1 Å². The summed E-state index contributed by atoms with van der Waals surface area (Å²) in [7, 11) is 9.87. The number of hydrogen-bond acceptors (Lipinski definition) is 0. The van der Waals surface area contributed by atoms with E-state index >= 15 is 0 Å². The number of benzene rings is 2. The van der Waals surface area contributed by atoms with Crippen molar-refractivity contribution in [2.75, 3.05) is 0 Å². The Bertz CT molecular complexity index is 759. The van der Waals surface area contributed by atoms with Crippen molar-refractivity contribution in [2.24, 2.45) is 0 Å². The second kappa shape index (κ2) is 11.3. The number of rotatable bonds is 6. The van der Waals surface area contributed by atoms with E-state index in [9.17, 15) is 0 Å². The molecule has 0 aliphatic carbocycles. The van der Waals surface area contributed by atoms with Crippen molar-refractivity contribution in [1.82, 2.24) is 0 Å². The van der Waals surface area contributed by atoms with Crippen molar-refractivity contribution < 1.29 is 20.8 Å². The molecule has 0 aliphatic rings. The van der Waals surface area contributed by atoms with E-state index in [1.165, 1.54) is 65.1 Å². The summed E-state index contributed by atoms with van der Waals surface area (Å²) in [5.74, 6) is 0. The van der Waals surface area contributed by atoms with Gasteiger partial charge < -0.3 is 0 Å². The van der Waals surface area contributed by atoms with Crippen LogP contribution in [0.5, 0.6) is 0 Å². The average Bonchev–Trinajstić information content (AvgIpc) is 3.00. The number of unbranched alkanes of at least 4 members (excludes halogenated alkanes) is 3. The number of hydrogen-bond donors (Lipinski definition) is 0. The molecular weight excluding hydrogens is 426 g/mol. The molecule has 25 heavy (non-hydrogen) atoms. The molecule has 0 aliphatic heterocycles. The van der Waals surface area contributed by atoms with Crippen molar-refractivity contribution >= 4 is 27.8 Å². The van der Waals surface area contributed by atoms with Gasteiger partial charge in [-0.2, -0.15) is 6.07 Å². The molecule has 3 heteroatoms. The Morgan fingerprint density at radius 2 is 1.68 bits per heavy atom. The van der Waals surface area contributed by atoms with Crippen LogP contribution < -0.4 is 0 Å².